The minimum absolute atomic E-state index is 0.00422. The Morgan fingerprint density at radius 3 is 2.37 bits per heavy atom. The summed E-state index contributed by atoms with van der Waals surface area (Å²) in [7, 11) is -2.10. The Kier molecular flexibility index (Phi) is 9.51. The molecule has 3 aromatic rings. The van der Waals surface area contributed by atoms with Crippen molar-refractivity contribution in [1.29, 1.82) is 0 Å². The number of hydrogen-bond donors (Lipinski definition) is 1. The number of amides is 2. The molecule has 12 heteroatoms. The fraction of sp³-hybridized carbons (Fsp3) is 0.441. The molecular weight excluding hydrogens is 615 g/mol. The molecule has 3 heterocycles. The number of carbonyl (C=O) groups is 2. The summed E-state index contributed by atoms with van der Waals surface area (Å²) in [6, 6.07) is 9.69. The first kappa shape index (κ1) is 33.5. The lowest BCUT2D eigenvalue weighted by atomic mass is 10.1. The molecule has 0 radical (unpaired) electrons. The number of hydrogen-bond acceptors (Lipinski definition) is 5. The van der Waals surface area contributed by atoms with Crippen molar-refractivity contribution in [3.05, 3.63) is 98.7 Å². The maximum atomic E-state index is 14.3. The molecule has 1 fully saturated rings. The quantitative estimate of drug-likeness (QED) is 0.272. The van der Waals surface area contributed by atoms with Gasteiger partial charge in [0, 0.05) is 37.0 Å². The number of fused-ring (bicyclic) bond motifs is 4. The van der Waals surface area contributed by atoms with Gasteiger partial charge in [0.25, 0.3) is 11.8 Å². The second-order valence-electron chi connectivity index (χ2n) is 13.5. The molecule has 1 N–H and O–H groups in total. The monoisotopic (exact) mass is 655 g/mol. The van der Waals surface area contributed by atoms with Crippen molar-refractivity contribution in [3.8, 4) is 5.75 Å². The zero-order chi connectivity index (χ0) is 33.4. The number of pyridine rings is 1. The Morgan fingerprint density at radius 1 is 1.04 bits per heavy atom. The molecule has 1 aromatic heterocycles. The van der Waals surface area contributed by atoms with Crippen LogP contribution >= 0.6 is 0 Å². The lowest BCUT2D eigenvalue weighted by Gasteiger charge is -2.41. The van der Waals surface area contributed by atoms with Crippen LogP contribution in [0.15, 0.2) is 53.5 Å². The smallest absolute Gasteiger partial charge is 0.274 e. The van der Waals surface area contributed by atoms with E-state index in [1.54, 1.807) is 9.47 Å². The van der Waals surface area contributed by atoms with Crippen LogP contribution in [0.1, 0.15) is 78.0 Å². The van der Waals surface area contributed by atoms with E-state index in [2.05, 4.69) is 39.2 Å². The van der Waals surface area contributed by atoms with Crippen LogP contribution in [0.25, 0.3) is 0 Å². The van der Waals surface area contributed by atoms with Gasteiger partial charge in [0.05, 0.1) is 18.7 Å². The highest BCUT2D eigenvalue weighted by Crippen LogP contribution is 2.39. The number of carbonyl (C=O) groups excluding carboxylic acids is 2. The van der Waals surface area contributed by atoms with Gasteiger partial charge in [-0.05, 0) is 43.0 Å². The Balaban J connectivity index is 1.50. The second-order valence-corrected chi connectivity index (χ2v) is 18.3. The van der Waals surface area contributed by atoms with Gasteiger partial charge in [-0.25, -0.2) is 13.2 Å². The lowest BCUT2D eigenvalue weighted by molar-refractivity contribution is 0.0508. The number of ether oxygens (including phenoxy) is 1. The van der Waals surface area contributed by atoms with Gasteiger partial charge in [0.2, 0.25) is 5.43 Å². The number of rotatable bonds is 9. The van der Waals surface area contributed by atoms with Crippen LogP contribution in [-0.2, 0) is 17.6 Å². The highest BCUT2D eigenvalue weighted by atomic mass is 28.4. The molecule has 0 spiro atoms. The summed E-state index contributed by atoms with van der Waals surface area (Å²) in [6.45, 7) is 10.9. The number of benzene rings is 2. The first-order valence-electron chi connectivity index (χ1n) is 15.5. The van der Waals surface area contributed by atoms with Crippen molar-refractivity contribution in [1.82, 2.24) is 14.8 Å². The van der Waals surface area contributed by atoms with Crippen molar-refractivity contribution in [3.63, 3.8) is 0 Å². The van der Waals surface area contributed by atoms with Crippen LogP contribution in [0, 0.1) is 17.5 Å². The summed E-state index contributed by atoms with van der Waals surface area (Å²) in [5.74, 6) is -4.97. The topological polar surface area (TPSA) is 89.9 Å². The zero-order valence-electron chi connectivity index (χ0n) is 26.8. The molecule has 0 aliphatic carbocycles. The summed E-state index contributed by atoms with van der Waals surface area (Å²) >= 11 is 0. The summed E-state index contributed by atoms with van der Waals surface area (Å²) in [5, 5.41) is 2.37. The Bertz CT molecular complexity index is 1670. The molecule has 1 saturated heterocycles. The minimum atomic E-state index is -2.10. The fourth-order valence-electron chi connectivity index (χ4n) is 5.65. The fourth-order valence-corrected chi connectivity index (χ4v) is 6.70. The number of halogens is 3. The molecule has 2 aliphatic rings. The summed E-state index contributed by atoms with van der Waals surface area (Å²) in [4.78, 5) is 43.3. The third-order valence-electron chi connectivity index (χ3n) is 9.42. The highest BCUT2D eigenvalue weighted by Gasteiger charge is 2.43. The largest absolute Gasteiger partial charge is 0.483 e. The number of nitrogens with zero attached hydrogens (tertiary/aromatic N) is 2. The van der Waals surface area contributed by atoms with E-state index in [-0.39, 0.29) is 46.6 Å². The molecule has 2 atom stereocenters. The second kappa shape index (κ2) is 13.1. The predicted octanol–water partition coefficient (Wildman–Crippen LogP) is 6.35. The summed E-state index contributed by atoms with van der Waals surface area (Å²) < 4.78 is 56.1. The molecular formula is C34H40F3N3O5Si. The summed E-state index contributed by atoms with van der Waals surface area (Å²) in [6.07, 6.45) is 3.53. The molecule has 2 bridgehead atoms. The molecule has 246 valence electrons. The lowest BCUT2D eigenvalue weighted by Crippen LogP contribution is -2.52. The first-order chi connectivity index (χ1) is 21.7. The van der Waals surface area contributed by atoms with E-state index in [1.807, 2.05) is 30.3 Å². The van der Waals surface area contributed by atoms with Crippen LogP contribution < -0.4 is 15.5 Å². The van der Waals surface area contributed by atoms with Crippen molar-refractivity contribution < 1.29 is 31.9 Å². The minimum Gasteiger partial charge on any atom is -0.483 e. The van der Waals surface area contributed by atoms with Crippen LogP contribution in [0.3, 0.4) is 0 Å². The normalized spacial score (nSPS) is 18.2. The third kappa shape index (κ3) is 6.78. The van der Waals surface area contributed by atoms with Gasteiger partial charge >= 0.3 is 0 Å². The van der Waals surface area contributed by atoms with E-state index in [9.17, 15) is 27.6 Å². The van der Waals surface area contributed by atoms with Gasteiger partial charge in [-0.15, -0.1) is 0 Å². The molecule has 8 nitrogen and oxygen atoms in total. The van der Waals surface area contributed by atoms with E-state index in [4.69, 9.17) is 9.16 Å². The van der Waals surface area contributed by atoms with Crippen LogP contribution in [-0.4, -0.2) is 48.8 Å². The van der Waals surface area contributed by atoms with E-state index >= 15 is 0 Å². The van der Waals surface area contributed by atoms with Gasteiger partial charge in [0.1, 0.15) is 29.6 Å². The SMILES string of the molecule is CC(C)(C)[Si](C)(C)OC[C@H]1CCC[C@H]2CN1C(=O)c1c(OCc3ccccc3)c(=O)c(C(=O)NCc3c(F)cc(F)cc3F)cn12. The van der Waals surface area contributed by atoms with Crippen molar-refractivity contribution in [2.45, 2.75) is 83.4 Å². The first-order valence-corrected chi connectivity index (χ1v) is 18.4. The number of nitrogens with one attached hydrogen (secondary N) is 1. The molecule has 2 amide bonds. The molecule has 2 aliphatic heterocycles. The molecule has 5 rings (SSSR count). The maximum absolute atomic E-state index is 14.3. The van der Waals surface area contributed by atoms with Gasteiger partial charge in [-0.1, -0.05) is 51.1 Å². The van der Waals surface area contributed by atoms with Crippen molar-refractivity contribution in [2.24, 2.45) is 0 Å². The molecule has 2 aromatic carbocycles. The average molecular weight is 656 g/mol. The predicted molar refractivity (Wildman–Crippen MR) is 170 cm³/mol. The van der Waals surface area contributed by atoms with Gasteiger partial charge in [-0.3, -0.25) is 14.4 Å². The van der Waals surface area contributed by atoms with Crippen molar-refractivity contribution >= 4 is 20.1 Å². The summed E-state index contributed by atoms with van der Waals surface area (Å²) in [5.41, 5.74) is -0.892. The van der Waals surface area contributed by atoms with E-state index in [1.165, 1.54) is 6.20 Å². The van der Waals surface area contributed by atoms with Gasteiger partial charge in [0.15, 0.2) is 19.8 Å². The standard InChI is InChI=1S/C34H40F3N3O5Si/c1-34(2,3)46(4,5)45-20-24-13-9-12-23-17-40(24)33(43)29-31(44-19-21-10-7-6-8-11-21)30(41)26(18-39(23)29)32(42)38-16-25-27(36)14-22(35)15-28(25)37/h6-8,10-11,14-15,18,23-24H,9,12-13,16-17,19-20H2,1-5H3,(H,38,42)/t23-,24+/m0/s1. The van der Waals surface area contributed by atoms with E-state index < -0.39 is 49.2 Å². The molecule has 46 heavy (non-hydrogen) atoms. The highest BCUT2D eigenvalue weighted by molar-refractivity contribution is 6.74. The van der Waals surface area contributed by atoms with Crippen LogP contribution in [0.4, 0.5) is 13.2 Å². The van der Waals surface area contributed by atoms with Gasteiger partial charge in [-0.2, -0.15) is 0 Å². The van der Waals surface area contributed by atoms with Crippen LogP contribution in [0.5, 0.6) is 5.75 Å². The van der Waals surface area contributed by atoms with E-state index in [0.717, 1.165) is 18.4 Å². The third-order valence-corrected chi connectivity index (χ3v) is 13.9. The maximum Gasteiger partial charge on any atom is 0.274 e. The Labute approximate surface area is 267 Å². The average Bonchev–Trinajstić information content (AvgIpc) is 3.18. The zero-order valence-corrected chi connectivity index (χ0v) is 27.8. The van der Waals surface area contributed by atoms with E-state index in [0.29, 0.717) is 31.7 Å². The molecule has 0 unspecified atom stereocenters. The molecule has 0 saturated carbocycles. The van der Waals surface area contributed by atoms with Crippen LogP contribution in [0.2, 0.25) is 18.1 Å². The van der Waals surface area contributed by atoms with Crippen molar-refractivity contribution in [2.75, 3.05) is 13.2 Å². The van der Waals surface area contributed by atoms with Gasteiger partial charge < -0.3 is 23.9 Å². The number of aromatic nitrogens is 1. The Hall–Kier alpha value is -3.90. The Morgan fingerprint density at radius 2 is 1.72 bits per heavy atom.